The molecule has 1 aromatic carbocycles. The first-order valence-corrected chi connectivity index (χ1v) is 11.8. The van der Waals surface area contributed by atoms with Crippen molar-refractivity contribution in [2.24, 2.45) is 0 Å². The number of amides is 2. The first kappa shape index (κ1) is 21.2. The van der Waals surface area contributed by atoms with Gasteiger partial charge in [-0.3, -0.25) is 9.59 Å². The number of carbonyl (C=O) groups excluding carboxylic acids is 2. The summed E-state index contributed by atoms with van der Waals surface area (Å²) in [5, 5.41) is 0. The van der Waals surface area contributed by atoms with Crippen molar-refractivity contribution in [3.63, 3.8) is 0 Å². The first-order valence-electron chi connectivity index (χ1n) is 11.8. The lowest BCUT2D eigenvalue weighted by Gasteiger charge is -2.28. The minimum Gasteiger partial charge on any atom is -0.494 e. The van der Waals surface area contributed by atoms with E-state index in [1.165, 1.54) is 32.4 Å². The van der Waals surface area contributed by atoms with E-state index in [0.717, 1.165) is 57.5 Å². The molecule has 0 bridgehead atoms. The topological polar surface area (TPSA) is 53.1 Å². The highest BCUT2D eigenvalue weighted by molar-refractivity contribution is 5.98. The SMILES string of the molecule is O=C([C@@H]1CCCN1C(=O)c1ccc(OCCCN2CCCCC2)cc1)N1CCCC1. The largest absolute Gasteiger partial charge is 0.494 e. The van der Waals surface area contributed by atoms with E-state index >= 15 is 0 Å². The minimum atomic E-state index is -0.290. The third-order valence-electron chi connectivity index (χ3n) is 6.65. The zero-order valence-electron chi connectivity index (χ0n) is 18.1. The number of rotatable bonds is 7. The summed E-state index contributed by atoms with van der Waals surface area (Å²) < 4.78 is 5.87. The number of benzene rings is 1. The summed E-state index contributed by atoms with van der Waals surface area (Å²) in [7, 11) is 0. The van der Waals surface area contributed by atoms with E-state index in [1.807, 2.05) is 29.2 Å². The molecule has 0 aromatic heterocycles. The van der Waals surface area contributed by atoms with Crippen LogP contribution in [0.5, 0.6) is 5.75 Å². The molecule has 0 aliphatic carbocycles. The second-order valence-electron chi connectivity index (χ2n) is 8.82. The summed E-state index contributed by atoms with van der Waals surface area (Å²) in [6, 6.07) is 7.13. The average Bonchev–Trinajstić information content (AvgIpc) is 3.49. The molecule has 3 aliphatic heterocycles. The van der Waals surface area contributed by atoms with Crippen LogP contribution in [0.1, 0.15) is 61.7 Å². The lowest BCUT2D eigenvalue weighted by molar-refractivity contribution is -0.134. The number of carbonyl (C=O) groups is 2. The van der Waals surface area contributed by atoms with E-state index < -0.39 is 0 Å². The molecule has 0 radical (unpaired) electrons. The van der Waals surface area contributed by atoms with Crippen molar-refractivity contribution in [1.29, 1.82) is 0 Å². The van der Waals surface area contributed by atoms with Crippen molar-refractivity contribution < 1.29 is 14.3 Å². The summed E-state index contributed by atoms with van der Waals surface area (Å²) in [6.07, 6.45) is 8.85. The molecule has 0 saturated carbocycles. The lowest BCUT2D eigenvalue weighted by atomic mass is 10.1. The molecule has 1 atom stereocenters. The van der Waals surface area contributed by atoms with Crippen LogP contribution >= 0.6 is 0 Å². The third-order valence-corrected chi connectivity index (χ3v) is 6.65. The molecule has 6 heteroatoms. The standard InChI is InChI=1S/C24H35N3O3/c28-23(27-18-6-8-22(27)24(29)26-16-4-5-17-26)20-9-11-21(12-10-20)30-19-7-15-25-13-2-1-3-14-25/h9-12,22H,1-8,13-19H2/t22-/m0/s1. The molecule has 2 amide bonds. The Balaban J connectivity index is 1.26. The van der Waals surface area contributed by atoms with Crippen molar-refractivity contribution in [3.8, 4) is 5.75 Å². The first-order chi connectivity index (χ1) is 14.7. The van der Waals surface area contributed by atoms with Crippen molar-refractivity contribution >= 4 is 11.8 Å². The Morgan fingerprint density at radius 1 is 0.867 bits per heavy atom. The van der Waals surface area contributed by atoms with E-state index in [2.05, 4.69) is 4.90 Å². The van der Waals surface area contributed by atoms with E-state index in [1.54, 1.807) is 4.90 Å². The van der Waals surface area contributed by atoms with E-state index in [-0.39, 0.29) is 17.9 Å². The van der Waals surface area contributed by atoms with Crippen molar-refractivity contribution in [2.45, 2.75) is 57.4 Å². The van der Waals surface area contributed by atoms with Gasteiger partial charge in [0.2, 0.25) is 5.91 Å². The summed E-state index contributed by atoms with van der Waals surface area (Å²) in [6.45, 7) is 6.56. The molecule has 6 nitrogen and oxygen atoms in total. The van der Waals surface area contributed by atoms with Gasteiger partial charge in [0.15, 0.2) is 0 Å². The maximum Gasteiger partial charge on any atom is 0.254 e. The fourth-order valence-corrected chi connectivity index (χ4v) is 4.94. The van der Waals surface area contributed by atoms with Crippen LogP contribution in [0.15, 0.2) is 24.3 Å². The highest BCUT2D eigenvalue weighted by Crippen LogP contribution is 2.24. The zero-order valence-corrected chi connectivity index (χ0v) is 18.1. The minimum absolute atomic E-state index is 0.0401. The van der Waals surface area contributed by atoms with Crippen LogP contribution in [0.25, 0.3) is 0 Å². The Hall–Kier alpha value is -2.08. The maximum absolute atomic E-state index is 13.0. The lowest BCUT2D eigenvalue weighted by Crippen LogP contribution is -2.46. The monoisotopic (exact) mass is 413 g/mol. The fourth-order valence-electron chi connectivity index (χ4n) is 4.94. The predicted octanol–water partition coefficient (Wildman–Crippen LogP) is 3.17. The molecule has 3 fully saturated rings. The van der Waals surface area contributed by atoms with Gasteiger partial charge in [0, 0.05) is 31.7 Å². The zero-order chi connectivity index (χ0) is 20.8. The maximum atomic E-state index is 13.0. The van der Waals surface area contributed by atoms with Gasteiger partial charge in [-0.2, -0.15) is 0 Å². The van der Waals surface area contributed by atoms with Gasteiger partial charge in [-0.25, -0.2) is 0 Å². The van der Waals surface area contributed by atoms with Crippen molar-refractivity contribution in [3.05, 3.63) is 29.8 Å². The Labute approximate surface area is 180 Å². The quantitative estimate of drug-likeness (QED) is 0.645. The molecular weight excluding hydrogens is 378 g/mol. The van der Waals surface area contributed by atoms with Gasteiger partial charge in [0.25, 0.3) is 5.91 Å². The van der Waals surface area contributed by atoms with Gasteiger partial charge in [-0.15, -0.1) is 0 Å². The van der Waals surface area contributed by atoms with Crippen molar-refractivity contribution in [1.82, 2.24) is 14.7 Å². The van der Waals surface area contributed by atoms with Gasteiger partial charge < -0.3 is 19.4 Å². The normalized spacial score (nSPS) is 22.5. The Kier molecular flexibility index (Phi) is 7.26. The summed E-state index contributed by atoms with van der Waals surface area (Å²) in [4.78, 5) is 32.1. The highest BCUT2D eigenvalue weighted by atomic mass is 16.5. The number of likely N-dealkylation sites (tertiary alicyclic amines) is 3. The third kappa shape index (κ3) is 5.15. The molecule has 4 rings (SSSR count). The Bertz CT molecular complexity index is 709. The van der Waals surface area contributed by atoms with Gasteiger partial charge in [-0.05, 0) is 82.3 Å². The molecule has 3 heterocycles. The van der Waals surface area contributed by atoms with Crippen molar-refractivity contribution in [2.75, 3.05) is 45.9 Å². The fraction of sp³-hybridized carbons (Fsp3) is 0.667. The van der Waals surface area contributed by atoms with Crippen LogP contribution < -0.4 is 4.74 Å². The predicted molar refractivity (Wildman–Crippen MR) is 117 cm³/mol. The molecular formula is C24H35N3O3. The van der Waals surface area contributed by atoms with Gasteiger partial charge in [-0.1, -0.05) is 6.42 Å². The van der Waals surface area contributed by atoms with E-state index in [9.17, 15) is 9.59 Å². The van der Waals surface area contributed by atoms with Crippen LogP contribution in [0.3, 0.4) is 0 Å². The van der Waals surface area contributed by atoms with Gasteiger partial charge in [0.1, 0.15) is 11.8 Å². The summed E-state index contributed by atoms with van der Waals surface area (Å²) in [5.41, 5.74) is 0.636. The van der Waals surface area contributed by atoms with Crippen LogP contribution in [0.2, 0.25) is 0 Å². The number of hydrogen-bond acceptors (Lipinski definition) is 4. The van der Waals surface area contributed by atoms with Crippen LogP contribution in [-0.2, 0) is 4.79 Å². The molecule has 30 heavy (non-hydrogen) atoms. The number of ether oxygens (including phenoxy) is 1. The second-order valence-corrected chi connectivity index (χ2v) is 8.82. The molecule has 1 aromatic rings. The number of hydrogen-bond donors (Lipinski definition) is 0. The average molecular weight is 414 g/mol. The summed E-state index contributed by atoms with van der Waals surface area (Å²) >= 11 is 0. The van der Waals surface area contributed by atoms with Crippen LogP contribution in [0.4, 0.5) is 0 Å². The number of piperidine rings is 1. The molecule has 0 spiro atoms. The molecule has 164 valence electrons. The molecule has 0 N–H and O–H groups in total. The number of nitrogens with zero attached hydrogens (tertiary/aromatic N) is 3. The van der Waals surface area contributed by atoms with Crippen LogP contribution in [0, 0.1) is 0 Å². The Morgan fingerprint density at radius 3 is 2.30 bits per heavy atom. The van der Waals surface area contributed by atoms with Crippen LogP contribution in [-0.4, -0.2) is 78.4 Å². The smallest absolute Gasteiger partial charge is 0.254 e. The highest BCUT2D eigenvalue weighted by Gasteiger charge is 2.37. The molecule has 3 saturated heterocycles. The van der Waals surface area contributed by atoms with E-state index in [0.29, 0.717) is 18.7 Å². The van der Waals surface area contributed by atoms with Gasteiger partial charge in [0.05, 0.1) is 6.61 Å². The second kappa shape index (κ2) is 10.3. The Morgan fingerprint density at radius 2 is 1.57 bits per heavy atom. The summed E-state index contributed by atoms with van der Waals surface area (Å²) in [5.74, 6) is 0.894. The van der Waals surface area contributed by atoms with Gasteiger partial charge >= 0.3 is 0 Å². The van der Waals surface area contributed by atoms with E-state index in [4.69, 9.17) is 4.74 Å². The molecule has 0 unspecified atom stereocenters. The molecule has 3 aliphatic rings.